The number of carbonyl (C=O) groups excluding carboxylic acids is 3. The molecule has 0 aromatic heterocycles. The maximum atomic E-state index is 12.5. The number of esters is 1. The Morgan fingerprint density at radius 2 is 1.75 bits per heavy atom. The van der Waals surface area contributed by atoms with Gasteiger partial charge in [0.15, 0.2) is 0 Å². The van der Waals surface area contributed by atoms with E-state index in [9.17, 15) is 14.4 Å². The van der Waals surface area contributed by atoms with E-state index < -0.39 is 5.54 Å². The summed E-state index contributed by atoms with van der Waals surface area (Å²) in [5, 5.41) is 2.91. The summed E-state index contributed by atoms with van der Waals surface area (Å²) in [5.41, 5.74) is -0.906. The van der Waals surface area contributed by atoms with Gasteiger partial charge >= 0.3 is 5.97 Å². The number of hydrogen-bond donors (Lipinski definition) is 1. The van der Waals surface area contributed by atoms with Gasteiger partial charge < -0.3 is 15.0 Å². The highest BCUT2D eigenvalue weighted by molar-refractivity contribution is 5.90. The maximum Gasteiger partial charge on any atom is 0.331 e. The molecule has 0 unspecified atom stereocenters. The Labute approximate surface area is 144 Å². The minimum atomic E-state index is -0.906. The van der Waals surface area contributed by atoms with Crippen LogP contribution in [0.2, 0.25) is 0 Å². The van der Waals surface area contributed by atoms with Gasteiger partial charge in [-0.15, -0.1) is 0 Å². The third-order valence-electron chi connectivity index (χ3n) is 5.01. The van der Waals surface area contributed by atoms with Crippen molar-refractivity contribution in [1.29, 1.82) is 0 Å². The van der Waals surface area contributed by atoms with Crippen LogP contribution in [-0.2, 0) is 19.1 Å². The molecule has 136 valence electrons. The molecule has 0 spiro atoms. The first-order valence-electron chi connectivity index (χ1n) is 9.33. The molecule has 2 fully saturated rings. The standard InChI is InChI=1S/C18H30N2O4/c1-2-24-17(23)18(11-7-5-8-12-18)19-15(21)14-20-13-9-4-3-6-10-16(20)22/h2-14H2,1H3,(H,19,21). The Balaban J connectivity index is 1.98. The van der Waals surface area contributed by atoms with E-state index in [4.69, 9.17) is 4.74 Å². The summed E-state index contributed by atoms with van der Waals surface area (Å²) in [6.07, 6.45) is 8.63. The van der Waals surface area contributed by atoms with Crippen LogP contribution < -0.4 is 5.32 Å². The van der Waals surface area contributed by atoms with Crippen LogP contribution in [0.3, 0.4) is 0 Å². The first-order valence-corrected chi connectivity index (χ1v) is 9.33. The lowest BCUT2D eigenvalue weighted by molar-refractivity contribution is -0.155. The molecule has 2 aliphatic rings. The average molecular weight is 338 g/mol. The van der Waals surface area contributed by atoms with Gasteiger partial charge in [-0.25, -0.2) is 4.79 Å². The predicted octanol–water partition coefficient (Wildman–Crippen LogP) is 2.16. The molecule has 1 N–H and O–H groups in total. The third kappa shape index (κ3) is 4.95. The topological polar surface area (TPSA) is 75.7 Å². The van der Waals surface area contributed by atoms with E-state index in [2.05, 4.69) is 5.32 Å². The molecule has 2 rings (SSSR count). The van der Waals surface area contributed by atoms with E-state index in [-0.39, 0.29) is 24.3 Å². The smallest absolute Gasteiger partial charge is 0.331 e. The van der Waals surface area contributed by atoms with Crippen LogP contribution in [0.15, 0.2) is 0 Å². The van der Waals surface area contributed by atoms with Gasteiger partial charge in [0.2, 0.25) is 11.8 Å². The summed E-state index contributed by atoms with van der Waals surface area (Å²) in [6.45, 7) is 2.74. The number of nitrogens with zero attached hydrogens (tertiary/aromatic N) is 1. The second kappa shape index (κ2) is 9.04. The Kier molecular flexibility index (Phi) is 7.06. The van der Waals surface area contributed by atoms with Crippen molar-refractivity contribution in [3.8, 4) is 0 Å². The van der Waals surface area contributed by atoms with Gasteiger partial charge in [0, 0.05) is 13.0 Å². The zero-order valence-corrected chi connectivity index (χ0v) is 14.8. The van der Waals surface area contributed by atoms with Gasteiger partial charge in [0.05, 0.1) is 13.2 Å². The lowest BCUT2D eigenvalue weighted by Crippen LogP contribution is -2.58. The van der Waals surface area contributed by atoms with Crippen LogP contribution in [0, 0.1) is 0 Å². The monoisotopic (exact) mass is 338 g/mol. The van der Waals surface area contributed by atoms with Gasteiger partial charge in [0.25, 0.3) is 0 Å². The Morgan fingerprint density at radius 3 is 2.46 bits per heavy atom. The molecule has 24 heavy (non-hydrogen) atoms. The summed E-state index contributed by atoms with van der Waals surface area (Å²) in [5.74, 6) is -0.547. The minimum absolute atomic E-state index is 0.0404. The zero-order chi connectivity index (χ0) is 17.4. The lowest BCUT2D eigenvalue weighted by atomic mass is 9.81. The van der Waals surface area contributed by atoms with Crippen molar-refractivity contribution >= 4 is 17.8 Å². The lowest BCUT2D eigenvalue weighted by Gasteiger charge is -2.36. The maximum absolute atomic E-state index is 12.5. The molecule has 0 radical (unpaired) electrons. The van der Waals surface area contributed by atoms with Crippen molar-refractivity contribution < 1.29 is 19.1 Å². The number of likely N-dealkylation sites (tertiary alicyclic amines) is 1. The summed E-state index contributed by atoms with van der Waals surface area (Å²) in [7, 11) is 0. The molecule has 0 atom stereocenters. The highest BCUT2D eigenvalue weighted by atomic mass is 16.5. The normalized spacial score (nSPS) is 21.5. The zero-order valence-electron chi connectivity index (χ0n) is 14.8. The molecule has 1 heterocycles. The predicted molar refractivity (Wildman–Crippen MR) is 90.3 cm³/mol. The highest BCUT2D eigenvalue weighted by Gasteiger charge is 2.42. The molecule has 6 nitrogen and oxygen atoms in total. The molecule has 1 saturated heterocycles. The van der Waals surface area contributed by atoms with E-state index in [1.165, 1.54) is 0 Å². The van der Waals surface area contributed by atoms with Crippen LogP contribution in [0.1, 0.15) is 71.1 Å². The number of amides is 2. The first kappa shape index (κ1) is 18.7. The third-order valence-corrected chi connectivity index (χ3v) is 5.01. The fourth-order valence-electron chi connectivity index (χ4n) is 3.67. The minimum Gasteiger partial charge on any atom is -0.464 e. The van der Waals surface area contributed by atoms with Crippen molar-refractivity contribution in [2.75, 3.05) is 19.7 Å². The second-order valence-electron chi connectivity index (χ2n) is 6.89. The number of carbonyl (C=O) groups is 3. The summed E-state index contributed by atoms with van der Waals surface area (Å²) in [4.78, 5) is 38.7. The van der Waals surface area contributed by atoms with Crippen molar-refractivity contribution in [2.24, 2.45) is 0 Å². The summed E-state index contributed by atoms with van der Waals surface area (Å²) < 4.78 is 5.20. The Morgan fingerprint density at radius 1 is 1.08 bits per heavy atom. The van der Waals surface area contributed by atoms with Crippen molar-refractivity contribution in [2.45, 2.75) is 76.7 Å². The van der Waals surface area contributed by atoms with Crippen LogP contribution in [0.5, 0.6) is 0 Å². The van der Waals surface area contributed by atoms with E-state index in [0.717, 1.165) is 44.9 Å². The molecular formula is C18H30N2O4. The van der Waals surface area contributed by atoms with Gasteiger partial charge in [0.1, 0.15) is 5.54 Å². The van der Waals surface area contributed by atoms with E-state index >= 15 is 0 Å². The van der Waals surface area contributed by atoms with E-state index in [1.54, 1.807) is 11.8 Å². The summed E-state index contributed by atoms with van der Waals surface area (Å²) >= 11 is 0. The molecule has 1 saturated carbocycles. The number of ether oxygens (including phenoxy) is 1. The average Bonchev–Trinajstić information content (AvgIpc) is 2.55. The number of hydrogen-bond acceptors (Lipinski definition) is 4. The molecular weight excluding hydrogens is 308 g/mol. The van der Waals surface area contributed by atoms with Crippen molar-refractivity contribution in [1.82, 2.24) is 10.2 Å². The number of rotatable bonds is 5. The van der Waals surface area contributed by atoms with Crippen molar-refractivity contribution in [3.05, 3.63) is 0 Å². The second-order valence-corrected chi connectivity index (χ2v) is 6.89. The van der Waals surface area contributed by atoms with Crippen LogP contribution in [-0.4, -0.2) is 47.9 Å². The van der Waals surface area contributed by atoms with E-state index in [0.29, 0.717) is 32.4 Å². The van der Waals surface area contributed by atoms with Crippen LogP contribution in [0.4, 0.5) is 0 Å². The fraction of sp³-hybridized carbons (Fsp3) is 0.833. The van der Waals surface area contributed by atoms with Gasteiger partial charge in [-0.05, 0) is 32.6 Å². The summed E-state index contributed by atoms with van der Waals surface area (Å²) in [6, 6.07) is 0. The SMILES string of the molecule is CCOC(=O)C1(NC(=O)CN2CCCCCCC2=O)CCCCC1. The quantitative estimate of drug-likeness (QED) is 0.780. The fourth-order valence-corrected chi connectivity index (χ4v) is 3.67. The molecule has 0 aromatic rings. The largest absolute Gasteiger partial charge is 0.464 e. The van der Waals surface area contributed by atoms with E-state index in [1.807, 2.05) is 0 Å². The highest BCUT2D eigenvalue weighted by Crippen LogP contribution is 2.29. The van der Waals surface area contributed by atoms with Gasteiger partial charge in [-0.2, -0.15) is 0 Å². The molecule has 0 bridgehead atoms. The van der Waals surface area contributed by atoms with Crippen LogP contribution >= 0.6 is 0 Å². The molecule has 0 aromatic carbocycles. The number of nitrogens with one attached hydrogen (secondary N) is 1. The van der Waals surface area contributed by atoms with Gasteiger partial charge in [-0.3, -0.25) is 9.59 Å². The molecule has 1 aliphatic carbocycles. The van der Waals surface area contributed by atoms with Gasteiger partial charge in [-0.1, -0.05) is 32.1 Å². The molecule has 2 amide bonds. The Hall–Kier alpha value is -1.59. The molecule has 6 heteroatoms. The Bertz CT molecular complexity index is 458. The van der Waals surface area contributed by atoms with Crippen LogP contribution in [0.25, 0.3) is 0 Å². The first-order chi connectivity index (χ1) is 11.6. The van der Waals surface area contributed by atoms with Crippen molar-refractivity contribution in [3.63, 3.8) is 0 Å². The molecule has 1 aliphatic heterocycles.